The molecule has 3 aromatic rings. The highest BCUT2D eigenvalue weighted by atomic mass is 35.5. The Morgan fingerprint density at radius 2 is 2.04 bits per heavy atom. The Bertz CT molecular complexity index is 818. The molecule has 3 rings (SSSR count). The van der Waals surface area contributed by atoms with Crippen LogP contribution in [0.15, 0.2) is 54.0 Å². The van der Waals surface area contributed by atoms with E-state index in [0.717, 1.165) is 5.56 Å². The van der Waals surface area contributed by atoms with Gasteiger partial charge in [-0.2, -0.15) is 0 Å². The van der Waals surface area contributed by atoms with Crippen LogP contribution in [-0.2, 0) is 6.54 Å². The molecule has 0 unspecified atom stereocenters. The Morgan fingerprint density at radius 3 is 2.71 bits per heavy atom. The van der Waals surface area contributed by atoms with Crippen LogP contribution in [0.4, 0.5) is 4.39 Å². The summed E-state index contributed by atoms with van der Waals surface area (Å²) in [5, 5.41) is 5.12. The van der Waals surface area contributed by atoms with Crippen LogP contribution in [0, 0.1) is 5.82 Å². The second kappa shape index (κ2) is 7.42. The first kappa shape index (κ1) is 16.4. The van der Waals surface area contributed by atoms with Gasteiger partial charge in [0, 0.05) is 18.1 Å². The summed E-state index contributed by atoms with van der Waals surface area (Å²) in [5.74, 6) is -0.550. The van der Waals surface area contributed by atoms with Gasteiger partial charge in [0.05, 0.1) is 10.6 Å². The van der Waals surface area contributed by atoms with E-state index in [1.54, 1.807) is 18.3 Å². The van der Waals surface area contributed by atoms with Gasteiger partial charge < -0.3 is 10.1 Å². The maximum absolute atomic E-state index is 13.7. The van der Waals surface area contributed by atoms with Crippen molar-refractivity contribution in [1.82, 2.24) is 10.3 Å². The molecule has 0 bridgehead atoms. The van der Waals surface area contributed by atoms with Gasteiger partial charge in [-0.3, -0.25) is 4.79 Å². The third kappa shape index (κ3) is 3.90. The van der Waals surface area contributed by atoms with Crippen LogP contribution in [0.2, 0.25) is 5.02 Å². The lowest BCUT2D eigenvalue weighted by Gasteiger charge is -2.08. The monoisotopic (exact) mass is 362 g/mol. The highest BCUT2D eigenvalue weighted by molar-refractivity contribution is 7.11. The molecule has 24 heavy (non-hydrogen) atoms. The molecule has 1 amide bonds. The van der Waals surface area contributed by atoms with Crippen molar-refractivity contribution in [2.45, 2.75) is 6.54 Å². The van der Waals surface area contributed by atoms with Crippen LogP contribution < -0.4 is 10.1 Å². The van der Waals surface area contributed by atoms with Gasteiger partial charge >= 0.3 is 0 Å². The summed E-state index contributed by atoms with van der Waals surface area (Å²) < 4.78 is 19.2. The maximum atomic E-state index is 13.7. The molecular weight excluding hydrogens is 351 g/mol. The fraction of sp³-hybridized carbons (Fsp3) is 0.0588. The molecule has 0 aliphatic rings. The Hall–Kier alpha value is -2.44. The van der Waals surface area contributed by atoms with Crippen molar-refractivity contribution in [3.05, 3.63) is 76.0 Å². The van der Waals surface area contributed by atoms with Crippen LogP contribution in [0.25, 0.3) is 0 Å². The number of amides is 1. The molecule has 0 spiro atoms. The van der Waals surface area contributed by atoms with Gasteiger partial charge in [-0.25, -0.2) is 9.37 Å². The number of ether oxygens (including phenoxy) is 1. The van der Waals surface area contributed by atoms with Gasteiger partial charge in [0.2, 0.25) is 0 Å². The fourth-order valence-electron chi connectivity index (χ4n) is 2.02. The van der Waals surface area contributed by atoms with E-state index < -0.39 is 11.7 Å². The number of nitrogens with one attached hydrogen (secondary N) is 1. The summed E-state index contributed by atoms with van der Waals surface area (Å²) in [5.41, 5.74) is 0.699. The number of halogens is 2. The van der Waals surface area contributed by atoms with Crippen molar-refractivity contribution in [3.8, 4) is 10.9 Å². The Kier molecular flexibility index (Phi) is 5.08. The molecular formula is C17H12ClFN2O2S. The summed E-state index contributed by atoms with van der Waals surface area (Å²) in [6.07, 6.45) is 1.66. The molecule has 1 N–H and O–H groups in total. The lowest BCUT2D eigenvalue weighted by atomic mass is 10.1. The van der Waals surface area contributed by atoms with Crippen molar-refractivity contribution in [3.63, 3.8) is 0 Å². The third-order valence-electron chi connectivity index (χ3n) is 3.18. The predicted molar refractivity (Wildman–Crippen MR) is 91.2 cm³/mol. The summed E-state index contributed by atoms with van der Waals surface area (Å²) in [7, 11) is 0. The number of rotatable bonds is 5. The van der Waals surface area contributed by atoms with Gasteiger partial charge in [-0.05, 0) is 29.8 Å². The SMILES string of the molecule is O=C(NCc1ccc(Oc2nccs2)cc1)c1c(F)cccc1Cl. The van der Waals surface area contributed by atoms with Gasteiger partial charge in [0.15, 0.2) is 0 Å². The van der Waals surface area contributed by atoms with E-state index in [4.69, 9.17) is 16.3 Å². The molecule has 122 valence electrons. The van der Waals surface area contributed by atoms with Crippen molar-refractivity contribution in [1.29, 1.82) is 0 Å². The second-order valence-electron chi connectivity index (χ2n) is 4.82. The van der Waals surface area contributed by atoms with E-state index in [1.807, 2.05) is 17.5 Å². The fourth-order valence-corrected chi connectivity index (χ4v) is 2.78. The molecule has 4 nitrogen and oxygen atoms in total. The topological polar surface area (TPSA) is 51.2 Å². The Labute approximate surface area is 146 Å². The first-order valence-electron chi connectivity index (χ1n) is 7.02. The molecule has 0 aliphatic heterocycles. The van der Waals surface area contributed by atoms with Crippen LogP contribution in [0.5, 0.6) is 10.9 Å². The van der Waals surface area contributed by atoms with Crippen LogP contribution in [0.3, 0.4) is 0 Å². The van der Waals surface area contributed by atoms with Crippen molar-refractivity contribution >= 4 is 28.8 Å². The normalized spacial score (nSPS) is 10.4. The van der Waals surface area contributed by atoms with E-state index >= 15 is 0 Å². The molecule has 1 aromatic heterocycles. The minimum absolute atomic E-state index is 0.0831. The van der Waals surface area contributed by atoms with Gasteiger partial charge in [0.25, 0.3) is 11.1 Å². The smallest absolute Gasteiger partial charge is 0.278 e. The maximum Gasteiger partial charge on any atom is 0.278 e. The van der Waals surface area contributed by atoms with E-state index in [2.05, 4.69) is 10.3 Å². The van der Waals surface area contributed by atoms with Crippen LogP contribution in [-0.4, -0.2) is 10.9 Å². The predicted octanol–water partition coefficient (Wildman–Crippen LogP) is 4.66. The minimum atomic E-state index is -0.646. The van der Waals surface area contributed by atoms with E-state index in [0.29, 0.717) is 10.9 Å². The third-order valence-corrected chi connectivity index (χ3v) is 4.14. The first-order valence-corrected chi connectivity index (χ1v) is 8.28. The molecule has 2 aromatic carbocycles. The first-order chi connectivity index (χ1) is 11.6. The highest BCUT2D eigenvalue weighted by Gasteiger charge is 2.15. The number of hydrogen-bond donors (Lipinski definition) is 1. The summed E-state index contributed by atoms with van der Waals surface area (Å²) in [6.45, 7) is 0.251. The molecule has 0 atom stereocenters. The molecule has 1 heterocycles. The number of hydrogen-bond acceptors (Lipinski definition) is 4. The second-order valence-corrected chi connectivity index (χ2v) is 6.09. The highest BCUT2D eigenvalue weighted by Crippen LogP contribution is 2.23. The van der Waals surface area contributed by atoms with E-state index in [1.165, 1.54) is 29.5 Å². The Balaban J connectivity index is 1.61. The number of thiazole rings is 1. The quantitative estimate of drug-likeness (QED) is 0.718. The lowest BCUT2D eigenvalue weighted by Crippen LogP contribution is -2.24. The molecule has 7 heteroatoms. The minimum Gasteiger partial charge on any atom is -0.431 e. The van der Waals surface area contributed by atoms with Gasteiger partial charge in [-0.1, -0.05) is 41.1 Å². The number of nitrogens with zero attached hydrogens (tertiary/aromatic N) is 1. The molecule has 0 saturated heterocycles. The largest absolute Gasteiger partial charge is 0.431 e. The standard InChI is InChI=1S/C17H12ClFN2O2S/c18-13-2-1-3-14(19)15(13)16(22)21-10-11-4-6-12(7-5-11)23-17-20-8-9-24-17/h1-9H,10H2,(H,21,22). The van der Waals surface area contributed by atoms with E-state index in [9.17, 15) is 9.18 Å². The summed E-state index contributed by atoms with van der Waals surface area (Å²) >= 11 is 7.27. The van der Waals surface area contributed by atoms with Crippen molar-refractivity contribution in [2.75, 3.05) is 0 Å². The average molecular weight is 363 g/mol. The molecule has 0 aliphatic carbocycles. The lowest BCUT2D eigenvalue weighted by molar-refractivity contribution is 0.0947. The zero-order chi connectivity index (χ0) is 16.9. The van der Waals surface area contributed by atoms with Crippen molar-refractivity contribution < 1.29 is 13.9 Å². The summed E-state index contributed by atoms with van der Waals surface area (Å²) in [6, 6.07) is 11.3. The van der Waals surface area contributed by atoms with Crippen molar-refractivity contribution in [2.24, 2.45) is 0 Å². The summed E-state index contributed by atoms with van der Waals surface area (Å²) in [4.78, 5) is 16.1. The van der Waals surface area contributed by atoms with E-state index in [-0.39, 0.29) is 17.1 Å². The Morgan fingerprint density at radius 1 is 1.25 bits per heavy atom. The van der Waals surface area contributed by atoms with Gasteiger partial charge in [0.1, 0.15) is 11.6 Å². The molecule has 0 saturated carbocycles. The average Bonchev–Trinajstić information content (AvgIpc) is 3.07. The molecule has 0 fully saturated rings. The van der Waals surface area contributed by atoms with Crippen LogP contribution >= 0.6 is 22.9 Å². The number of aromatic nitrogens is 1. The molecule has 0 radical (unpaired) electrons. The zero-order valence-corrected chi connectivity index (χ0v) is 13.9. The van der Waals surface area contributed by atoms with Crippen LogP contribution in [0.1, 0.15) is 15.9 Å². The zero-order valence-electron chi connectivity index (χ0n) is 12.3. The van der Waals surface area contributed by atoms with Gasteiger partial charge in [-0.15, -0.1) is 0 Å². The number of carbonyl (C=O) groups excluding carboxylic acids is 1. The number of carbonyl (C=O) groups is 1. The number of benzene rings is 2.